The van der Waals surface area contributed by atoms with Gasteiger partial charge in [-0.15, -0.1) is 0 Å². The molecule has 1 fully saturated rings. The molecule has 31 heavy (non-hydrogen) atoms. The SMILES string of the molecule is CCOC(=O)CC(COC)c1ccc(N2CCOC(C)C2)c(Nc2ccc(Cl)cc2)c1. The van der Waals surface area contributed by atoms with Crippen molar-refractivity contribution in [3.63, 3.8) is 0 Å². The van der Waals surface area contributed by atoms with Crippen molar-refractivity contribution in [3.8, 4) is 0 Å². The number of rotatable bonds is 9. The Morgan fingerprint density at radius 1 is 1.29 bits per heavy atom. The number of morpholine rings is 1. The summed E-state index contributed by atoms with van der Waals surface area (Å²) in [6.45, 7) is 7.04. The van der Waals surface area contributed by atoms with Crippen molar-refractivity contribution >= 4 is 34.6 Å². The molecule has 1 heterocycles. The maximum absolute atomic E-state index is 12.1. The lowest BCUT2D eigenvalue weighted by Crippen LogP contribution is -2.41. The number of nitrogens with one attached hydrogen (secondary N) is 1. The van der Waals surface area contributed by atoms with E-state index in [-0.39, 0.29) is 24.4 Å². The van der Waals surface area contributed by atoms with Crippen LogP contribution in [0.5, 0.6) is 0 Å². The lowest BCUT2D eigenvalue weighted by Gasteiger charge is -2.34. The molecule has 1 N–H and O–H groups in total. The summed E-state index contributed by atoms with van der Waals surface area (Å²) in [6, 6.07) is 13.9. The van der Waals surface area contributed by atoms with E-state index < -0.39 is 0 Å². The summed E-state index contributed by atoms with van der Waals surface area (Å²) in [7, 11) is 1.65. The summed E-state index contributed by atoms with van der Waals surface area (Å²) in [5.41, 5.74) is 4.04. The monoisotopic (exact) mass is 446 g/mol. The third kappa shape index (κ3) is 6.60. The Hall–Kier alpha value is -2.28. The molecule has 1 aliphatic heterocycles. The van der Waals surface area contributed by atoms with Gasteiger partial charge in [-0.25, -0.2) is 0 Å². The van der Waals surface area contributed by atoms with Crippen molar-refractivity contribution in [2.45, 2.75) is 32.3 Å². The van der Waals surface area contributed by atoms with Crippen molar-refractivity contribution in [1.29, 1.82) is 0 Å². The van der Waals surface area contributed by atoms with Crippen LogP contribution in [0, 0.1) is 0 Å². The molecule has 0 aliphatic carbocycles. The zero-order chi connectivity index (χ0) is 22.2. The van der Waals surface area contributed by atoms with Gasteiger partial charge in [0.25, 0.3) is 0 Å². The standard InChI is InChI=1S/C24H31ClN2O4/c1-4-30-24(28)14-19(16-29-3)18-5-10-23(27-11-12-31-17(2)15-27)22(13-18)26-21-8-6-20(25)7-9-21/h5-10,13,17,19,26H,4,11-12,14-16H2,1-3H3. The predicted molar refractivity (Wildman–Crippen MR) is 125 cm³/mol. The van der Waals surface area contributed by atoms with Crippen LogP contribution in [0.4, 0.5) is 17.1 Å². The molecule has 0 radical (unpaired) electrons. The summed E-state index contributed by atoms with van der Waals surface area (Å²) >= 11 is 6.05. The maximum atomic E-state index is 12.1. The number of nitrogens with zero attached hydrogens (tertiary/aromatic N) is 1. The molecule has 3 rings (SSSR count). The van der Waals surface area contributed by atoms with Crippen LogP contribution < -0.4 is 10.2 Å². The van der Waals surface area contributed by atoms with Crippen molar-refractivity contribution in [2.24, 2.45) is 0 Å². The third-order valence-electron chi connectivity index (χ3n) is 5.28. The molecule has 2 unspecified atom stereocenters. The van der Waals surface area contributed by atoms with Gasteiger partial charge in [0, 0.05) is 36.8 Å². The average molecular weight is 447 g/mol. The van der Waals surface area contributed by atoms with Crippen LogP contribution in [0.15, 0.2) is 42.5 Å². The zero-order valence-corrected chi connectivity index (χ0v) is 19.2. The molecule has 1 aliphatic rings. The Kier molecular flexibility index (Phi) is 8.58. The van der Waals surface area contributed by atoms with Crippen molar-refractivity contribution in [1.82, 2.24) is 0 Å². The number of benzene rings is 2. The van der Waals surface area contributed by atoms with Gasteiger partial charge in [-0.2, -0.15) is 0 Å². The second-order valence-electron chi connectivity index (χ2n) is 7.70. The fraction of sp³-hybridized carbons (Fsp3) is 0.458. The van der Waals surface area contributed by atoms with E-state index in [4.69, 9.17) is 25.8 Å². The molecular weight excluding hydrogens is 416 g/mol. The zero-order valence-electron chi connectivity index (χ0n) is 18.4. The normalized spacial score (nSPS) is 17.3. The molecule has 0 amide bonds. The topological polar surface area (TPSA) is 60.0 Å². The summed E-state index contributed by atoms with van der Waals surface area (Å²) in [5.74, 6) is -0.310. The number of carbonyl (C=O) groups is 1. The number of hydrogen-bond donors (Lipinski definition) is 1. The Morgan fingerprint density at radius 3 is 2.74 bits per heavy atom. The smallest absolute Gasteiger partial charge is 0.306 e. The average Bonchev–Trinajstić information content (AvgIpc) is 2.75. The first-order valence-corrected chi connectivity index (χ1v) is 11.1. The molecule has 0 spiro atoms. The largest absolute Gasteiger partial charge is 0.466 e. The molecule has 2 aromatic rings. The third-order valence-corrected chi connectivity index (χ3v) is 5.54. The number of hydrogen-bond acceptors (Lipinski definition) is 6. The number of anilines is 3. The van der Waals surface area contributed by atoms with E-state index in [0.29, 0.717) is 24.8 Å². The molecular formula is C24H31ClN2O4. The van der Waals surface area contributed by atoms with Crippen LogP contribution in [-0.2, 0) is 19.0 Å². The molecule has 2 aromatic carbocycles. The summed E-state index contributed by atoms with van der Waals surface area (Å²) in [6.07, 6.45) is 0.442. The van der Waals surface area contributed by atoms with Crippen LogP contribution in [0.1, 0.15) is 31.7 Å². The fourth-order valence-electron chi connectivity index (χ4n) is 3.80. The van der Waals surface area contributed by atoms with E-state index in [2.05, 4.69) is 35.3 Å². The van der Waals surface area contributed by atoms with E-state index in [1.165, 1.54) is 0 Å². The van der Waals surface area contributed by atoms with E-state index in [1.54, 1.807) is 7.11 Å². The number of carbonyl (C=O) groups excluding carboxylic acids is 1. The summed E-state index contributed by atoms with van der Waals surface area (Å²) in [4.78, 5) is 14.5. The lowest BCUT2D eigenvalue weighted by atomic mass is 9.95. The van der Waals surface area contributed by atoms with Crippen LogP contribution in [0.25, 0.3) is 0 Å². The maximum Gasteiger partial charge on any atom is 0.306 e. The lowest BCUT2D eigenvalue weighted by molar-refractivity contribution is -0.143. The van der Waals surface area contributed by atoms with Gasteiger partial charge >= 0.3 is 5.97 Å². The molecule has 6 nitrogen and oxygen atoms in total. The van der Waals surface area contributed by atoms with Crippen LogP contribution in [0.3, 0.4) is 0 Å². The first kappa shape index (κ1) is 23.4. The number of methoxy groups -OCH3 is 1. The number of halogens is 1. The fourth-order valence-corrected chi connectivity index (χ4v) is 3.93. The molecule has 0 bridgehead atoms. The van der Waals surface area contributed by atoms with E-state index in [0.717, 1.165) is 35.7 Å². The van der Waals surface area contributed by atoms with Gasteiger partial charge in [-0.3, -0.25) is 4.79 Å². The molecule has 1 saturated heterocycles. The molecule has 0 saturated carbocycles. The van der Waals surface area contributed by atoms with E-state index >= 15 is 0 Å². The van der Waals surface area contributed by atoms with Crippen molar-refractivity contribution < 1.29 is 19.0 Å². The minimum Gasteiger partial charge on any atom is -0.466 e. The van der Waals surface area contributed by atoms with E-state index in [9.17, 15) is 4.79 Å². The Labute approximate surface area is 189 Å². The minimum atomic E-state index is -0.220. The van der Waals surface area contributed by atoms with Gasteiger partial charge in [0.1, 0.15) is 0 Å². The Balaban J connectivity index is 1.93. The second kappa shape index (κ2) is 11.4. The van der Waals surface area contributed by atoms with Gasteiger partial charge in [-0.1, -0.05) is 17.7 Å². The van der Waals surface area contributed by atoms with Crippen LogP contribution in [-0.4, -0.2) is 52.1 Å². The molecule has 7 heteroatoms. The first-order chi connectivity index (χ1) is 15.0. The van der Waals surface area contributed by atoms with Gasteiger partial charge in [-0.05, 0) is 55.8 Å². The minimum absolute atomic E-state index is 0.0903. The highest BCUT2D eigenvalue weighted by Crippen LogP contribution is 2.34. The van der Waals surface area contributed by atoms with Gasteiger partial charge in [0.2, 0.25) is 0 Å². The van der Waals surface area contributed by atoms with Gasteiger partial charge in [0.05, 0.1) is 43.7 Å². The van der Waals surface area contributed by atoms with Crippen molar-refractivity contribution in [2.75, 3.05) is 50.2 Å². The number of esters is 1. The predicted octanol–water partition coefficient (Wildman–Crippen LogP) is 4.99. The van der Waals surface area contributed by atoms with Crippen LogP contribution in [0.2, 0.25) is 5.02 Å². The quantitative estimate of drug-likeness (QED) is 0.547. The Morgan fingerprint density at radius 2 is 2.06 bits per heavy atom. The molecule has 2 atom stereocenters. The summed E-state index contributed by atoms with van der Waals surface area (Å²) < 4.78 is 16.3. The van der Waals surface area contributed by atoms with Gasteiger partial charge in [0.15, 0.2) is 0 Å². The highest BCUT2D eigenvalue weighted by molar-refractivity contribution is 6.30. The van der Waals surface area contributed by atoms with Gasteiger partial charge < -0.3 is 24.4 Å². The Bertz CT molecular complexity index is 859. The first-order valence-electron chi connectivity index (χ1n) is 10.7. The summed E-state index contributed by atoms with van der Waals surface area (Å²) in [5, 5.41) is 4.22. The second-order valence-corrected chi connectivity index (χ2v) is 8.13. The van der Waals surface area contributed by atoms with Crippen LogP contribution >= 0.6 is 11.6 Å². The molecule has 0 aromatic heterocycles. The highest BCUT2D eigenvalue weighted by Gasteiger charge is 2.22. The highest BCUT2D eigenvalue weighted by atomic mass is 35.5. The number of ether oxygens (including phenoxy) is 3. The van der Waals surface area contributed by atoms with Crippen molar-refractivity contribution in [3.05, 3.63) is 53.1 Å². The van der Waals surface area contributed by atoms with E-state index in [1.807, 2.05) is 31.2 Å². The molecule has 168 valence electrons.